The summed E-state index contributed by atoms with van der Waals surface area (Å²) in [4.78, 5) is 19.5. The molecular formula is C16H21N7OS. The maximum absolute atomic E-state index is 12.5. The SMILES string of the molecule is Cc1nnsc1C(=O)N1CCN(c2ccc(N3CCCC3)nn2)CC1. The molecule has 0 spiro atoms. The molecule has 2 aliphatic rings. The number of rotatable bonds is 3. The highest BCUT2D eigenvalue weighted by molar-refractivity contribution is 7.07. The van der Waals surface area contributed by atoms with Crippen molar-refractivity contribution in [2.24, 2.45) is 0 Å². The van der Waals surface area contributed by atoms with Crippen LogP contribution in [0, 0.1) is 6.92 Å². The molecule has 0 radical (unpaired) electrons. The molecule has 0 aliphatic carbocycles. The van der Waals surface area contributed by atoms with E-state index >= 15 is 0 Å². The molecule has 1 amide bonds. The first-order chi connectivity index (χ1) is 12.2. The van der Waals surface area contributed by atoms with E-state index in [1.54, 1.807) is 0 Å². The largest absolute Gasteiger partial charge is 0.355 e. The number of carbonyl (C=O) groups excluding carboxylic acids is 1. The molecule has 0 atom stereocenters. The molecule has 2 aliphatic heterocycles. The second-order valence-corrected chi connectivity index (χ2v) is 7.16. The third kappa shape index (κ3) is 3.28. The van der Waals surface area contributed by atoms with Crippen LogP contribution >= 0.6 is 11.5 Å². The van der Waals surface area contributed by atoms with Crippen LogP contribution in [0.5, 0.6) is 0 Å². The fourth-order valence-corrected chi connectivity index (χ4v) is 3.94. The van der Waals surface area contributed by atoms with Crippen LogP contribution < -0.4 is 9.80 Å². The highest BCUT2D eigenvalue weighted by atomic mass is 32.1. The van der Waals surface area contributed by atoms with Crippen LogP contribution in [0.2, 0.25) is 0 Å². The van der Waals surface area contributed by atoms with E-state index in [9.17, 15) is 4.79 Å². The lowest BCUT2D eigenvalue weighted by Crippen LogP contribution is -2.49. The van der Waals surface area contributed by atoms with Gasteiger partial charge in [0.15, 0.2) is 11.6 Å². The van der Waals surface area contributed by atoms with Crippen molar-refractivity contribution in [3.05, 3.63) is 22.7 Å². The van der Waals surface area contributed by atoms with Crippen molar-refractivity contribution in [1.29, 1.82) is 0 Å². The number of nitrogens with zero attached hydrogens (tertiary/aromatic N) is 7. The van der Waals surface area contributed by atoms with Gasteiger partial charge in [0.05, 0.1) is 5.69 Å². The lowest BCUT2D eigenvalue weighted by atomic mass is 10.2. The Hall–Kier alpha value is -2.29. The summed E-state index contributed by atoms with van der Waals surface area (Å²) in [5, 5.41) is 12.7. The maximum atomic E-state index is 12.5. The van der Waals surface area contributed by atoms with Crippen molar-refractivity contribution in [2.75, 3.05) is 49.1 Å². The first kappa shape index (κ1) is 16.2. The van der Waals surface area contributed by atoms with Crippen LogP contribution in [0.25, 0.3) is 0 Å². The quantitative estimate of drug-likeness (QED) is 0.815. The van der Waals surface area contributed by atoms with Crippen molar-refractivity contribution in [3.8, 4) is 0 Å². The Balaban J connectivity index is 1.37. The molecule has 0 unspecified atom stereocenters. The molecule has 0 N–H and O–H groups in total. The first-order valence-electron chi connectivity index (χ1n) is 8.64. The number of hydrogen-bond acceptors (Lipinski definition) is 8. The summed E-state index contributed by atoms with van der Waals surface area (Å²) in [5.74, 6) is 1.87. The number of aromatic nitrogens is 4. The highest BCUT2D eigenvalue weighted by Crippen LogP contribution is 2.21. The summed E-state index contributed by atoms with van der Waals surface area (Å²) in [6.07, 6.45) is 2.46. The average Bonchev–Trinajstić information content (AvgIpc) is 3.33. The number of amides is 1. The van der Waals surface area contributed by atoms with E-state index in [1.807, 2.05) is 17.9 Å². The van der Waals surface area contributed by atoms with Gasteiger partial charge in [0, 0.05) is 39.3 Å². The zero-order valence-corrected chi connectivity index (χ0v) is 15.1. The summed E-state index contributed by atoms with van der Waals surface area (Å²) in [7, 11) is 0. The molecule has 2 fully saturated rings. The van der Waals surface area contributed by atoms with E-state index in [0.717, 1.165) is 37.8 Å². The van der Waals surface area contributed by atoms with Crippen molar-refractivity contribution in [1.82, 2.24) is 24.7 Å². The fourth-order valence-electron chi connectivity index (χ4n) is 3.31. The van der Waals surface area contributed by atoms with Crippen LogP contribution in [0.15, 0.2) is 12.1 Å². The van der Waals surface area contributed by atoms with Gasteiger partial charge in [-0.15, -0.1) is 15.3 Å². The van der Waals surface area contributed by atoms with Gasteiger partial charge in [-0.25, -0.2) is 0 Å². The molecule has 132 valence electrons. The van der Waals surface area contributed by atoms with Gasteiger partial charge >= 0.3 is 0 Å². The predicted molar refractivity (Wildman–Crippen MR) is 96.2 cm³/mol. The van der Waals surface area contributed by atoms with Crippen LogP contribution in [0.4, 0.5) is 11.6 Å². The van der Waals surface area contributed by atoms with E-state index in [0.29, 0.717) is 23.7 Å². The molecule has 2 aromatic heterocycles. The Kier molecular flexibility index (Phi) is 4.48. The first-order valence-corrected chi connectivity index (χ1v) is 9.41. The minimum Gasteiger partial charge on any atom is -0.355 e. The summed E-state index contributed by atoms with van der Waals surface area (Å²) in [5.41, 5.74) is 0.709. The number of hydrogen-bond donors (Lipinski definition) is 0. The molecular weight excluding hydrogens is 338 g/mol. The molecule has 2 aromatic rings. The molecule has 0 saturated carbocycles. The average molecular weight is 359 g/mol. The molecule has 4 rings (SSSR count). The third-order valence-electron chi connectivity index (χ3n) is 4.80. The van der Waals surface area contributed by atoms with Gasteiger partial charge in [-0.3, -0.25) is 4.79 Å². The zero-order valence-electron chi connectivity index (χ0n) is 14.3. The van der Waals surface area contributed by atoms with Gasteiger partial charge in [-0.05, 0) is 43.4 Å². The number of aryl methyl sites for hydroxylation is 1. The van der Waals surface area contributed by atoms with E-state index in [4.69, 9.17) is 0 Å². The van der Waals surface area contributed by atoms with Crippen LogP contribution in [-0.2, 0) is 0 Å². The van der Waals surface area contributed by atoms with Gasteiger partial charge in [-0.2, -0.15) is 0 Å². The molecule has 0 aromatic carbocycles. The minimum atomic E-state index is 0.0302. The number of piperazine rings is 1. The van der Waals surface area contributed by atoms with E-state index in [-0.39, 0.29) is 5.91 Å². The van der Waals surface area contributed by atoms with Gasteiger partial charge in [0.2, 0.25) is 0 Å². The number of carbonyl (C=O) groups is 1. The zero-order chi connectivity index (χ0) is 17.2. The van der Waals surface area contributed by atoms with Gasteiger partial charge in [-0.1, -0.05) is 4.49 Å². The van der Waals surface area contributed by atoms with E-state index in [1.165, 1.54) is 24.4 Å². The van der Waals surface area contributed by atoms with Crippen LogP contribution in [0.1, 0.15) is 28.2 Å². The predicted octanol–water partition coefficient (Wildman–Crippen LogP) is 1.20. The molecule has 4 heterocycles. The normalized spacial score (nSPS) is 18.0. The molecule has 2 saturated heterocycles. The van der Waals surface area contributed by atoms with Crippen molar-refractivity contribution in [2.45, 2.75) is 19.8 Å². The Bertz CT molecular complexity index is 733. The number of anilines is 2. The Morgan fingerprint density at radius 3 is 2.04 bits per heavy atom. The Labute approximate surface area is 150 Å². The Morgan fingerprint density at radius 1 is 0.920 bits per heavy atom. The lowest BCUT2D eigenvalue weighted by Gasteiger charge is -2.35. The van der Waals surface area contributed by atoms with Gasteiger partial charge in [0.1, 0.15) is 4.88 Å². The Morgan fingerprint density at radius 2 is 1.52 bits per heavy atom. The monoisotopic (exact) mass is 359 g/mol. The van der Waals surface area contributed by atoms with Crippen molar-refractivity contribution in [3.63, 3.8) is 0 Å². The summed E-state index contributed by atoms with van der Waals surface area (Å²) < 4.78 is 3.85. The maximum Gasteiger partial charge on any atom is 0.267 e. The summed E-state index contributed by atoms with van der Waals surface area (Å²) in [6, 6.07) is 4.09. The molecule has 0 bridgehead atoms. The van der Waals surface area contributed by atoms with Crippen LogP contribution in [0.3, 0.4) is 0 Å². The highest BCUT2D eigenvalue weighted by Gasteiger charge is 2.25. The minimum absolute atomic E-state index is 0.0302. The van der Waals surface area contributed by atoms with Gasteiger partial charge in [0.25, 0.3) is 5.91 Å². The second-order valence-electron chi connectivity index (χ2n) is 6.41. The molecule has 25 heavy (non-hydrogen) atoms. The summed E-state index contributed by atoms with van der Waals surface area (Å²) >= 11 is 1.17. The van der Waals surface area contributed by atoms with Crippen molar-refractivity contribution >= 4 is 29.1 Å². The summed E-state index contributed by atoms with van der Waals surface area (Å²) in [6.45, 7) is 6.83. The molecule has 9 heteroatoms. The smallest absolute Gasteiger partial charge is 0.267 e. The molecule has 8 nitrogen and oxygen atoms in total. The van der Waals surface area contributed by atoms with Crippen molar-refractivity contribution < 1.29 is 4.79 Å². The fraction of sp³-hybridized carbons (Fsp3) is 0.562. The third-order valence-corrected chi connectivity index (χ3v) is 5.62. The van der Waals surface area contributed by atoms with Crippen LogP contribution in [-0.4, -0.2) is 69.9 Å². The lowest BCUT2D eigenvalue weighted by molar-refractivity contribution is 0.0750. The van der Waals surface area contributed by atoms with Gasteiger partial charge < -0.3 is 14.7 Å². The van der Waals surface area contributed by atoms with E-state index in [2.05, 4.69) is 35.7 Å². The van der Waals surface area contributed by atoms with E-state index < -0.39 is 0 Å². The standard InChI is InChI=1S/C16H21N7OS/c1-12-15(25-20-17-12)16(24)23-10-8-22(9-11-23)14-5-4-13(18-19-14)21-6-2-3-7-21/h4-5H,2-3,6-11H2,1H3. The second kappa shape index (κ2) is 6.91. The topological polar surface area (TPSA) is 78.4 Å².